The molecule has 0 amide bonds. The molecule has 4 aromatic rings. The number of rotatable bonds is 56. The van der Waals surface area contributed by atoms with Gasteiger partial charge >= 0.3 is 0 Å². The molecule has 0 unspecified atom stereocenters. The molecule has 0 aromatic heterocycles. The second-order valence-corrected chi connectivity index (χ2v) is 35.7. The molecule has 4 saturated carbocycles. The van der Waals surface area contributed by atoms with E-state index in [2.05, 4.69) is 90.1 Å². The van der Waals surface area contributed by atoms with Crippen LogP contribution < -0.4 is 19.6 Å². The monoisotopic (exact) mass is 1530 g/mol. The van der Waals surface area contributed by atoms with E-state index in [-0.39, 0.29) is 26.5 Å². The molecule has 4 aliphatic rings. The highest BCUT2D eigenvalue weighted by molar-refractivity contribution is 5.33. The van der Waals surface area contributed by atoms with E-state index in [1.165, 1.54) is 471 Å². The van der Waals surface area contributed by atoms with Crippen molar-refractivity contribution in [2.45, 2.75) is 442 Å². The van der Waals surface area contributed by atoms with E-state index < -0.39 is 0 Å². The summed E-state index contributed by atoms with van der Waals surface area (Å²) in [6, 6.07) is 33.3. The summed E-state index contributed by atoms with van der Waals surface area (Å²) < 4.78 is 26.5. The van der Waals surface area contributed by atoms with Gasteiger partial charge in [-0.05, 0) is 165 Å². The minimum Gasteiger partial charge on any atom is -0.302 e. The van der Waals surface area contributed by atoms with Crippen LogP contribution in [-0.2, 0) is 0 Å². The average Bonchev–Trinajstić information content (AvgIpc) is 0.857. The maximum Gasteiger partial charge on any atom is 0.131 e. The number of halogens is 2. The molecule has 110 heavy (non-hydrogen) atoms. The Kier molecular flexibility index (Phi) is 64.0. The fourth-order valence-electron chi connectivity index (χ4n) is 18.7. The molecule has 4 N–H and O–H groups in total. The van der Waals surface area contributed by atoms with Gasteiger partial charge in [-0.1, -0.05) is 360 Å². The summed E-state index contributed by atoms with van der Waals surface area (Å²) in [5.74, 6) is 3.27. The van der Waals surface area contributed by atoms with Gasteiger partial charge in [0.15, 0.2) is 0 Å². The molecule has 0 atom stereocenters. The van der Waals surface area contributed by atoms with Crippen molar-refractivity contribution in [3.8, 4) is 0 Å². The van der Waals surface area contributed by atoms with Crippen LogP contribution in [0.3, 0.4) is 0 Å². The number of nitrogens with one attached hydrogen (secondary N) is 4. The lowest BCUT2D eigenvalue weighted by Crippen LogP contribution is -3.08. The van der Waals surface area contributed by atoms with Crippen molar-refractivity contribution in [3.63, 3.8) is 0 Å². The molecular weight excluding hydrogens is 1340 g/mol. The Balaban J connectivity index is 0.000000382. The zero-order chi connectivity index (χ0) is 76.6. The maximum absolute atomic E-state index is 13.3. The van der Waals surface area contributed by atoms with Gasteiger partial charge in [0.25, 0.3) is 0 Å². The van der Waals surface area contributed by atoms with E-state index in [1.54, 1.807) is 43.9 Å². The van der Waals surface area contributed by atoms with E-state index in [9.17, 15) is 8.78 Å². The van der Waals surface area contributed by atoms with Crippen LogP contribution in [0, 0.1) is 49.2 Å². The first kappa shape index (κ1) is 101. The van der Waals surface area contributed by atoms with Crippen molar-refractivity contribution in [2.75, 3.05) is 52.4 Å². The Morgan fingerprint density at radius 3 is 0.573 bits per heavy atom. The largest absolute Gasteiger partial charge is 0.302 e. The third-order valence-corrected chi connectivity index (χ3v) is 25.8. The number of quaternary nitrogens is 4. The van der Waals surface area contributed by atoms with Crippen molar-refractivity contribution in [1.29, 1.82) is 0 Å². The van der Waals surface area contributed by atoms with Gasteiger partial charge in [-0.25, -0.2) is 8.78 Å². The summed E-state index contributed by atoms with van der Waals surface area (Å²) in [6.07, 6.45) is 85.3. The minimum atomic E-state index is -0.113. The molecule has 6 heteroatoms. The van der Waals surface area contributed by atoms with Crippen LogP contribution in [0.5, 0.6) is 0 Å². The highest BCUT2D eigenvalue weighted by Crippen LogP contribution is 2.28. The predicted octanol–water partition coefficient (Wildman–Crippen LogP) is 29.0. The van der Waals surface area contributed by atoms with Gasteiger partial charge in [-0.15, -0.1) is 0 Å². The van der Waals surface area contributed by atoms with Gasteiger partial charge in [0.05, 0.1) is 52.4 Å². The molecule has 0 spiro atoms. The molecule has 4 fully saturated rings. The van der Waals surface area contributed by atoms with Crippen molar-refractivity contribution in [1.82, 2.24) is 0 Å². The predicted molar refractivity (Wildman–Crippen MR) is 484 cm³/mol. The van der Waals surface area contributed by atoms with Gasteiger partial charge in [0.2, 0.25) is 0 Å². The normalized spacial score (nSPS) is 15.2. The van der Waals surface area contributed by atoms with Crippen LogP contribution in [0.4, 0.5) is 31.5 Å². The zero-order valence-electron chi connectivity index (χ0n) is 72.4. The molecule has 4 aromatic carbocycles. The third kappa shape index (κ3) is 50.8. The van der Waals surface area contributed by atoms with Crippen molar-refractivity contribution in [3.05, 3.63) is 120 Å². The number of hydrogen-bond acceptors (Lipinski definition) is 0. The van der Waals surface area contributed by atoms with E-state index in [4.69, 9.17) is 0 Å². The van der Waals surface area contributed by atoms with Crippen LogP contribution in [-0.4, -0.2) is 52.4 Å². The molecule has 0 aliphatic heterocycles. The van der Waals surface area contributed by atoms with E-state index in [0.29, 0.717) is 0 Å². The fraction of sp³-hybridized carbons (Fsp3) is 0.769. The Morgan fingerprint density at radius 2 is 0.382 bits per heavy atom. The molecule has 4 nitrogen and oxygen atoms in total. The zero-order valence-corrected chi connectivity index (χ0v) is 72.4. The second kappa shape index (κ2) is 69.8. The highest BCUT2D eigenvalue weighted by Gasteiger charge is 2.28. The van der Waals surface area contributed by atoms with E-state index in [0.717, 1.165) is 23.7 Å². The van der Waals surface area contributed by atoms with Crippen LogP contribution in [0.1, 0.15) is 439 Å². The van der Waals surface area contributed by atoms with E-state index in [1.807, 2.05) is 24.3 Å². The molecule has 8 rings (SSSR count). The SMILES string of the molecule is C.C.CCCCCCCCCCCC[NH+](CCCCCCCCCCCC)c1ccc(C)cc1.CCCCCCCCCCCC[NH+](CCCCCCCCCCCC)c1ccc(C)cc1.Fc1ccc([NH+](CC2CCCCC2)CC2CCCCC2)cc1.Fc1ccc([NH+](CC2CCCCC2)CC2CCCCC2)cc1. The molecular formula is C104H186F2N4+4. The van der Waals surface area contributed by atoms with Crippen molar-refractivity contribution >= 4 is 22.7 Å². The molecule has 4 aliphatic carbocycles. The lowest BCUT2D eigenvalue weighted by molar-refractivity contribution is -0.841. The Morgan fingerprint density at radius 1 is 0.218 bits per heavy atom. The van der Waals surface area contributed by atoms with Gasteiger partial charge < -0.3 is 19.6 Å². The summed E-state index contributed by atoms with van der Waals surface area (Å²) in [5, 5.41) is 0. The number of unbranched alkanes of at least 4 members (excludes halogenated alkanes) is 36. The summed E-state index contributed by atoms with van der Waals surface area (Å²) in [4.78, 5) is 6.67. The summed E-state index contributed by atoms with van der Waals surface area (Å²) in [7, 11) is 0. The molecule has 0 saturated heterocycles. The van der Waals surface area contributed by atoms with E-state index >= 15 is 0 Å². The molecule has 0 bridgehead atoms. The topological polar surface area (TPSA) is 17.8 Å². The van der Waals surface area contributed by atoms with Crippen LogP contribution in [0.2, 0.25) is 0 Å². The van der Waals surface area contributed by atoms with Crippen LogP contribution in [0.15, 0.2) is 97.1 Å². The number of aryl methyl sites for hydroxylation is 2. The Labute approximate surface area is 684 Å². The molecule has 0 heterocycles. The minimum absolute atomic E-state index is 0. The standard InChI is InChI=1S/2C31H57N.2C20H30FN.2CH4/c2*1-4-6-8-10-12-14-16-18-20-22-28-32(31-26-24-30(3)25-27-31)29-23-21-19-17-15-13-11-9-7-5-2;2*21-19-11-13-20(14-12-19)22(15-17-7-3-1-4-8-17)16-18-9-5-2-6-10-18;;/h2*24-27H,4-23,28-29H2,1-3H3;2*11-14,17-18H,1-10,15-16H2;2*1H4/p+4. The number of hydrogen-bond donors (Lipinski definition) is 4. The van der Waals surface area contributed by atoms with Gasteiger partial charge in [0, 0.05) is 47.9 Å². The van der Waals surface area contributed by atoms with Crippen molar-refractivity contribution in [2.24, 2.45) is 23.7 Å². The molecule has 0 radical (unpaired) electrons. The average molecular weight is 1530 g/mol. The number of benzene rings is 4. The summed E-state index contributed by atoms with van der Waals surface area (Å²) in [6.45, 7) is 23.9. The van der Waals surface area contributed by atoms with Gasteiger partial charge in [-0.3, -0.25) is 0 Å². The Hall–Kier alpha value is -3.42. The van der Waals surface area contributed by atoms with Gasteiger partial charge in [-0.2, -0.15) is 0 Å². The first-order valence-corrected chi connectivity index (χ1v) is 48.2. The van der Waals surface area contributed by atoms with Crippen molar-refractivity contribution < 1.29 is 28.4 Å². The highest BCUT2D eigenvalue weighted by atomic mass is 19.1. The first-order valence-electron chi connectivity index (χ1n) is 48.2. The van der Waals surface area contributed by atoms with Crippen LogP contribution >= 0.6 is 0 Å². The van der Waals surface area contributed by atoms with Crippen LogP contribution in [0.25, 0.3) is 0 Å². The lowest BCUT2D eigenvalue weighted by atomic mass is 9.86. The first-order chi connectivity index (χ1) is 53.2. The lowest BCUT2D eigenvalue weighted by Gasteiger charge is -2.31. The smallest absolute Gasteiger partial charge is 0.131 e. The quantitative estimate of drug-likeness (QED) is 0.0316. The third-order valence-electron chi connectivity index (χ3n) is 25.8. The second-order valence-electron chi connectivity index (χ2n) is 35.7. The molecule has 632 valence electrons. The Bertz CT molecular complexity index is 2290. The summed E-state index contributed by atoms with van der Waals surface area (Å²) >= 11 is 0. The van der Waals surface area contributed by atoms with Gasteiger partial charge in [0.1, 0.15) is 34.4 Å². The fourth-order valence-corrected chi connectivity index (χ4v) is 18.7. The maximum atomic E-state index is 13.3. The summed E-state index contributed by atoms with van der Waals surface area (Å²) in [5.41, 5.74) is 8.40.